The molecule has 10 aromatic rings. The van der Waals surface area contributed by atoms with Gasteiger partial charge < -0.3 is 87.7 Å². The standard InChI is InChI=1S/4C22H25NO5/c2*1-4-5-6-9-15-21(24)16-12-14(26-2)13-19(20(16)23-22(15)25)28-18-11-8-7-10-17(18)27-3;2*1-4-5-6-7-17-21(24)18-12-16(27-3)13-19(20(18)23-22(17)25)28-15-10-8-14(26-2)9-11-15/h7-8,10-13H,4-6,9H2,1-3H3,(H2,23,24,25);7-8,10-13,15H,4-6,9H2,1-3H3,(H,23,25);8-13H,4-7H2,1-3H3,(H2,23,24,25);8-13,17H,4-7H2,1-3H3,(H,23,25). The summed E-state index contributed by atoms with van der Waals surface area (Å²) < 4.78 is 66.3. The van der Waals surface area contributed by atoms with Crippen LogP contribution >= 0.6 is 0 Å². The largest absolute Gasteiger partial charge is 0.507 e. The number of amides is 2. The number of unbranched alkanes of at least 4 members (excludes halogenated alkanes) is 8. The van der Waals surface area contributed by atoms with Crippen LogP contribution < -0.4 is 78.6 Å². The fourth-order valence-electron chi connectivity index (χ4n) is 12.9. The molecule has 24 heteroatoms. The van der Waals surface area contributed by atoms with Gasteiger partial charge in [-0.3, -0.25) is 28.8 Å². The van der Waals surface area contributed by atoms with Crippen molar-refractivity contribution in [3.05, 3.63) is 189 Å². The van der Waals surface area contributed by atoms with Gasteiger partial charge in [-0.2, -0.15) is 0 Å². The fraction of sp³-hybridized carbons (Fsp3) is 0.341. The highest BCUT2D eigenvalue weighted by molar-refractivity contribution is 6.23. The Morgan fingerprint density at radius 2 is 0.634 bits per heavy atom. The smallest absolute Gasteiger partial charge is 0.255 e. The van der Waals surface area contributed by atoms with Gasteiger partial charge in [-0.25, -0.2) is 0 Å². The molecule has 2 unspecified atom stereocenters. The van der Waals surface area contributed by atoms with Gasteiger partial charge in [0.15, 0.2) is 57.6 Å². The number of ketones is 2. The number of fused-ring (bicyclic) bond motifs is 4. The average molecular weight is 1530 g/mol. The Bertz CT molecular complexity index is 5020. The van der Waals surface area contributed by atoms with Crippen molar-refractivity contribution in [3.63, 3.8) is 0 Å². The number of anilines is 2. The number of aromatic hydroxyl groups is 2. The van der Waals surface area contributed by atoms with Crippen molar-refractivity contribution in [3.8, 4) is 103 Å². The monoisotopic (exact) mass is 1530 g/mol. The number of hydrogen-bond acceptors (Lipinski definition) is 20. The first-order chi connectivity index (χ1) is 54.3. The number of nitrogens with one attached hydrogen (secondary N) is 4. The molecular formula is C88H100N4O20. The summed E-state index contributed by atoms with van der Waals surface area (Å²) in [6.07, 6.45) is 13.6. The van der Waals surface area contributed by atoms with Crippen LogP contribution in [-0.2, 0) is 22.4 Å². The highest BCUT2D eigenvalue weighted by Gasteiger charge is 2.38. The summed E-state index contributed by atoms with van der Waals surface area (Å²) >= 11 is 0. The minimum Gasteiger partial charge on any atom is -0.507 e. The maximum atomic E-state index is 13.0. The van der Waals surface area contributed by atoms with E-state index in [0.717, 1.165) is 77.0 Å². The van der Waals surface area contributed by atoms with Crippen molar-refractivity contribution in [2.45, 2.75) is 130 Å². The third-order valence-electron chi connectivity index (χ3n) is 19.1. The van der Waals surface area contributed by atoms with Crippen LogP contribution in [-0.4, -0.2) is 100 Å². The van der Waals surface area contributed by atoms with Crippen LogP contribution in [0.2, 0.25) is 0 Å². The van der Waals surface area contributed by atoms with E-state index in [1.807, 2.05) is 24.3 Å². The number of aromatic nitrogens is 2. The predicted molar refractivity (Wildman–Crippen MR) is 431 cm³/mol. The molecule has 2 amide bonds. The lowest BCUT2D eigenvalue weighted by Gasteiger charge is -2.26. The Morgan fingerprint density at radius 3 is 1.00 bits per heavy atom. The highest BCUT2D eigenvalue weighted by Crippen LogP contribution is 2.46. The lowest BCUT2D eigenvalue weighted by atomic mass is 9.87. The van der Waals surface area contributed by atoms with Crippen LogP contribution in [0, 0.1) is 11.8 Å². The van der Waals surface area contributed by atoms with Crippen LogP contribution in [0.15, 0.2) is 155 Å². The lowest BCUT2D eigenvalue weighted by molar-refractivity contribution is -0.119. The summed E-state index contributed by atoms with van der Waals surface area (Å²) in [4.78, 5) is 82.1. The molecule has 0 spiro atoms. The van der Waals surface area contributed by atoms with Gasteiger partial charge in [-0.15, -0.1) is 0 Å². The SMILES string of the molecule is CCCCCC1C(=O)Nc2c(Oc3ccc(OC)cc3)cc(OC)cc2C1=O.CCCCCC1C(=O)Nc2c(Oc3ccccc3OC)cc(OC)cc2C1=O.CCCCCc1c(O)c2cc(OC)cc(Oc3ccc(OC)cc3)c2[nH]c1=O.CCCCCc1c(O)c2cc(OC)cc(Oc3ccccc3OC)c2[nH]c1=O. The van der Waals surface area contributed by atoms with Gasteiger partial charge in [0, 0.05) is 46.2 Å². The molecule has 112 heavy (non-hydrogen) atoms. The van der Waals surface area contributed by atoms with Crippen molar-refractivity contribution >= 4 is 56.6 Å². The molecule has 2 aliphatic rings. The second-order valence-electron chi connectivity index (χ2n) is 26.5. The maximum Gasteiger partial charge on any atom is 0.255 e. The summed E-state index contributed by atoms with van der Waals surface area (Å²) in [6, 6.07) is 41.9. The summed E-state index contributed by atoms with van der Waals surface area (Å²) in [7, 11) is 12.4. The first-order valence-corrected chi connectivity index (χ1v) is 37.6. The molecule has 0 bridgehead atoms. The number of benzene rings is 8. The third kappa shape index (κ3) is 20.8. The number of ether oxygens (including phenoxy) is 12. The molecule has 2 aliphatic heterocycles. The Labute approximate surface area is 651 Å². The Kier molecular flexibility index (Phi) is 30.6. The molecule has 2 aromatic heterocycles. The normalized spacial score (nSPS) is 13.2. The first-order valence-electron chi connectivity index (χ1n) is 37.6. The maximum absolute atomic E-state index is 13.0. The van der Waals surface area contributed by atoms with Crippen molar-refractivity contribution < 1.29 is 86.2 Å². The number of aromatic amines is 2. The van der Waals surface area contributed by atoms with Crippen molar-refractivity contribution in [1.82, 2.24) is 9.97 Å². The minimum absolute atomic E-state index is 0.0201. The fourth-order valence-corrected chi connectivity index (χ4v) is 12.9. The highest BCUT2D eigenvalue weighted by atomic mass is 16.5. The van der Waals surface area contributed by atoms with Gasteiger partial charge in [-0.1, -0.05) is 116 Å². The molecular weight excluding hydrogens is 1430 g/mol. The molecule has 6 N–H and O–H groups in total. The molecule has 24 nitrogen and oxygen atoms in total. The van der Waals surface area contributed by atoms with Crippen LogP contribution in [0.5, 0.6) is 103 Å². The number of carbonyl (C=O) groups is 4. The summed E-state index contributed by atoms with van der Waals surface area (Å²) in [5.41, 5.74) is 2.59. The molecule has 0 aliphatic carbocycles. The molecule has 2 atom stereocenters. The number of H-pyrrole nitrogens is 2. The van der Waals surface area contributed by atoms with E-state index in [0.29, 0.717) is 173 Å². The zero-order valence-corrected chi connectivity index (χ0v) is 65.6. The molecule has 8 aromatic carbocycles. The zero-order chi connectivity index (χ0) is 80.4. The second kappa shape index (κ2) is 40.9. The molecule has 4 heterocycles. The average Bonchev–Trinajstić information content (AvgIpc) is 0.787. The van der Waals surface area contributed by atoms with Gasteiger partial charge in [0.25, 0.3) is 11.1 Å². The van der Waals surface area contributed by atoms with Crippen molar-refractivity contribution in [2.24, 2.45) is 11.8 Å². The van der Waals surface area contributed by atoms with E-state index >= 15 is 0 Å². The Balaban J connectivity index is 0.000000171. The van der Waals surface area contributed by atoms with Gasteiger partial charge in [-0.05, 0) is 136 Å². The summed E-state index contributed by atoms with van der Waals surface area (Å²) in [5.74, 6) is 5.78. The number of carbonyl (C=O) groups excluding carboxylic acids is 4. The Morgan fingerprint density at radius 1 is 0.321 bits per heavy atom. The lowest BCUT2D eigenvalue weighted by Crippen LogP contribution is -2.35. The van der Waals surface area contributed by atoms with Crippen LogP contribution in [0.4, 0.5) is 11.4 Å². The third-order valence-corrected chi connectivity index (χ3v) is 19.1. The van der Waals surface area contributed by atoms with Crippen molar-refractivity contribution in [2.75, 3.05) is 67.5 Å². The number of para-hydroxylation sites is 4. The molecule has 592 valence electrons. The summed E-state index contributed by atoms with van der Waals surface area (Å²) in [6.45, 7) is 8.37. The molecule has 12 rings (SSSR count). The van der Waals surface area contributed by atoms with Gasteiger partial charge in [0.2, 0.25) is 11.8 Å². The number of pyridine rings is 2. The van der Waals surface area contributed by atoms with Gasteiger partial charge >= 0.3 is 0 Å². The van der Waals surface area contributed by atoms with Crippen molar-refractivity contribution in [1.29, 1.82) is 0 Å². The quantitative estimate of drug-likeness (QED) is 0.0169. The number of methoxy groups -OCH3 is 8. The zero-order valence-electron chi connectivity index (χ0n) is 65.6. The predicted octanol–water partition coefficient (Wildman–Crippen LogP) is 19.2. The van der Waals surface area contributed by atoms with Crippen LogP contribution in [0.25, 0.3) is 21.8 Å². The van der Waals surface area contributed by atoms with Gasteiger partial charge in [0.1, 0.15) is 69.3 Å². The van der Waals surface area contributed by atoms with Crippen LogP contribution in [0.1, 0.15) is 149 Å². The number of Topliss-reactive ketones (excluding diaryl/α,β-unsaturated/α-hetero) is 2. The molecule has 0 fully saturated rings. The van der Waals surface area contributed by atoms with E-state index in [9.17, 15) is 39.0 Å². The van der Waals surface area contributed by atoms with E-state index in [2.05, 4.69) is 48.3 Å². The summed E-state index contributed by atoms with van der Waals surface area (Å²) in [5, 5.41) is 28.3. The van der Waals surface area contributed by atoms with E-state index in [-0.39, 0.29) is 46.0 Å². The Hall–Kier alpha value is -12.3. The van der Waals surface area contributed by atoms with E-state index in [1.54, 1.807) is 164 Å². The topological polar surface area (TPSA) is 309 Å². The first kappa shape index (κ1) is 83.7. The van der Waals surface area contributed by atoms with E-state index in [4.69, 9.17) is 56.8 Å². The number of hydrogen-bond donors (Lipinski definition) is 6. The van der Waals surface area contributed by atoms with E-state index in [1.165, 1.54) is 14.2 Å². The minimum atomic E-state index is -0.676. The van der Waals surface area contributed by atoms with Crippen LogP contribution in [0.3, 0.4) is 0 Å². The molecule has 0 saturated carbocycles. The van der Waals surface area contributed by atoms with E-state index < -0.39 is 11.8 Å². The second-order valence-corrected chi connectivity index (χ2v) is 26.5. The molecule has 0 saturated heterocycles. The van der Waals surface area contributed by atoms with Gasteiger partial charge in [0.05, 0.1) is 90.4 Å². The molecule has 0 radical (unpaired) electrons. The number of rotatable bonds is 32.